The van der Waals surface area contributed by atoms with Gasteiger partial charge in [-0.3, -0.25) is 9.59 Å². The molecule has 1 aromatic carbocycles. The van der Waals surface area contributed by atoms with E-state index in [4.69, 9.17) is 0 Å². The van der Waals surface area contributed by atoms with E-state index in [1.165, 1.54) is 11.0 Å². The molecule has 5 heteroatoms. The van der Waals surface area contributed by atoms with E-state index < -0.39 is 6.04 Å². The topological polar surface area (TPSA) is 49.4 Å². The minimum atomic E-state index is -0.497. The number of amides is 2. The Kier molecular flexibility index (Phi) is 2.54. The van der Waals surface area contributed by atoms with Gasteiger partial charge in [0, 0.05) is 13.0 Å². The fraction of sp³-hybridized carbons (Fsp3) is 0.385. The molecule has 0 aromatic heterocycles. The Labute approximate surface area is 104 Å². The van der Waals surface area contributed by atoms with E-state index in [1.54, 1.807) is 6.07 Å². The molecule has 1 fully saturated rings. The Hall–Kier alpha value is -1.91. The fourth-order valence-electron chi connectivity index (χ4n) is 2.62. The number of halogens is 1. The van der Waals surface area contributed by atoms with Crippen LogP contribution in [0.3, 0.4) is 0 Å². The maximum Gasteiger partial charge on any atom is 0.249 e. The Bertz CT molecular complexity index is 530. The normalized spacial score (nSPS) is 21.9. The van der Waals surface area contributed by atoms with Crippen LogP contribution in [0.25, 0.3) is 0 Å². The molecule has 2 aliphatic heterocycles. The van der Waals surface area contributed by atoms with Gasteiger partial charge in [-0.1, -0.05) is 12.1 Å². The first-order chi connectivity index (χ1) is 8.66. The molecule has 0 saturated carbocycles. The molecule has 18 heavy (non-hydrogen) atoms. The highest BCUT2D eigenvalue weighted by molar-refractivity contribution is 6.02. The second-order valence-electron chi connectivity index (χ2n) is 4.65. The lowest BCUT2D eigenvalue weighted by Gasteiger charge is -2.21. The fourth-order valence-corrected chi connectivity index (χ4v) is 2.62. The number of nitrogens with one attached hydrogen (secondary N) is 1. The summed E-state index contributed by atoms with van der Waals surface area (Å²) in [6.07, 6.45) is 1.53. The third-order valence-corrected chi connectivity index (χ3v) is 3.50. The van der Waals surface area contributed by atoms with E-state index in [-0.39, 0.29) is 17.6 Å². The molecule has 1 saturated heterocycles. The number of carbonyl (C=O) groups excluding carboxylic acids is 2. The van der Waals surface area contributed by atoms with Crippen molar-refractivity contribution < 1.29 is 14.0 Å². The van der Waals surface area contributed by atoms with Crippen molar-refractivity contribution in [1.29, 1.82) is 0 Å². The average molecular weight is 248 g/mol. The van der Waals surface area contributed by atoms with Crippen molar-refractivity contribution in [3.8, 4) is 0 Å². The number of benzene rings is 1. The number of carbonyl (C=O) groups is 2. The first kappa shape index (κ1) is 11.2. The lowest BCUT2D eigenvalue weighted by Crippen LogP contribution is -2.44. The second kappa shape index (κ2) is 4.08. The largest absolute Gasteiger partial charge is 0.344 e. The van der Waals surface area contributed by atoms with Gasteiger partial charge in [-0.05, 0) is 24.5 Å². The van der Waals surface area contributed by atoms with Crippen LogP contribution in [0.5, 0.6) is 0 Å². The summed E-state index contributed by atoms with van der Waals surface area (Å²) in [5.74, 6) is -0.686. The summed E-state index contributed by atoms with van der Waals surface area (Å²) >= 11 is 0. The van der Waals surface area contributed by atoms with Crippen LogP contribution in [0.2, 0.25) is 0 Å². The minimum absolute atomic E-state index is 0.110. The number of hydrogen-bond acceptors (Lipinski definition) is 2. The lowest BCUT2D eigenvalue weighted by molar-refractivity contribution is -0.124. The molecule has 1 aromatic rings. The highest BCUT2D eigenvalue weighted by atomic mass is 19.1. The van der Waals surface area contributed by atoms with E-state index >= 15 is 0 Å². The summed E-state index contributed by atoms with van der Waals surface area (Å²) in [7, 11) is 0. The molecule has 4 nitrogen and oxygen atoms in total. The quantitative estimate of drug-likeness (QED) is 0.805. The summed E-state index contributed by atoms with van der Waals surface area (Å²) in [6, 6.07) is 4.35. The molecular formula is C13H13FN2O2. The lowest BCUT2D eigenvalue weighted by atomic mass is 10.1. The SMILES string of the molecule is O=C1CCC(C(=O)N2CCc3cccc(F)c32)N1. The summed E-state index contributed by atoms with van der Waals surface area (Å²) in [5, 5.41) is 2.63. The van der Waals surface area contributed by atoms with Gasteiger partial charge in [0.2, 0.25) is 11.8 Å². The predicted molar refractivity (Wildman–Crippen MR) is 63.6 cm³/mol. The number of rotatable bonds is 1. The standard InChI is InChI=1S/C13H13FN2O2/c14-9-3-1-2-8-6-7-16(12(8)9)13(18)10-4-5-11(17)15-10/h1-3,10H,4-7H2,(H,15,17). The van der Waals surface area contributed by atoms with Crippen molar-refractivity contribution in [2.24, 2.45) is 0 Å². The highest BCUT2D eigenvalue weighted by Gasteiger charge is 2.35. The van der Waals surface area contributed by atoms with Crippen LogP contribution < -0.4 is 10.2 Å². The van der Waals surface area contributed by atoms with Crippen molar-refractivity contribution in [2.75, 3.05) is 11.4 Å². The van der Waals surface area contributed by atoms with E-state index in [1.807, 2.05) is 6.07 Å². The monoisotopic (exact) mass is 248 g/mol. The molecule has 0 radical (unpaired) electrons. The van der Waals surface area contributed by atoms with E-state index in [0.29, 0.717) is 31.5 Å². The number of para-hydroxylation sites is 1. The van der Waals surface area contributed by atoms with Crippen molar-refractivity contribution in [3.63, 3.8) is 0 Å². The highest BCUT2D eigenvalue weighted by Crippen LogP contribution is 2.31. The van der Waals surface area contributed by atoms with Crippen molar-refractivity contribution in [3.05, 3.63) is 29.6 Å². The van der Waals surface area contributed by atoms with Gasteiger partial charge in [0.05, 0.1) is 5.69 Å². The summed E-state index contributed by atoms with van der Waals surface area (Å²) in [6.45, 7) is 0.488. The molecular weight excluding hydrogens is 235 g/mol. The molecule has 94 valence electrons. The van der Waals surface area contributed by atoms with Gasteiger partial charge in [0.25, 0.3) is 0 Å². The van der Waals surface area contributed by atoms with Crippen LogP contribution in [0, 0.1) is 5.82 Å². The third kappa shape index (κ3) is 1.66. The molecule has 2 amide bonds. The number of anilines is 1. The third-order valence-electron chi connectivity index (χ3n) is 3.50. The van der Waals surface area contributed by atoms with Crippen LogP contribution in [-0.2, 0) is 16.0 Å². The number of nitrogens with zero attached hydrogens (tertiary/aromatic N) is 1. The average Bonchev–Trinajstić information content (AvgIpc) is 2.95. The Balaban J connectivity index is 1.88. The Morgan fingerprint density at radius 3 is 2.94 bits per heavy atom. The smallest absolute Gasteiger partial charge is 0.249 e. The van der Waals surface area contributed by atoms with Gasteiger partial charge < -0.3 is 10.2 Å². The van der Waals surface area contributed by atoms with E-state index in [0.717, 1.165) is 5.56 Å². The van der Waals surface area contributed by atoms with Crippen LogP contribution in [0.1, 0.15) is 18.4 Å². The number of fused-ring (bicyclic) bond motifs is 1. The molecule has 0 aliphatic carbocycles. The van der Waals surface area contributed by atoms with Gasteiger partial charge in [0.15, 0.2) is 0 Å². The zero-order valence-electron chi connectivity index (χ0n) is 9.78. The van der Waals surface area contributed by atoms with Gasteiger partial charge in [-0.15, -0.1) is 0 Å². The van der Waals surface area contributed by atoms with Crippen molar-refractivity contribution in [1.82, 2.24) is 5.32 Å². The molecule has 1 atom stereocenters. The maximum absolute atomic E-state index is 13.8. The van der Waals surface area contributed by atoms with Gasteiger partial charge in [0.1, 0.15) is 11.9 Å². The maximum atomic E-state index is 13.8. The zero-order chi connectivity index (χ0) is 12.7. The van der Waals surface area contributed by atoms with Gasteiger partial charge in [-0.2, -0.15) is 0 Å². The first-order valence-corrected chi connectivity index (χ1v) is 6.05. The first-order valence-electron chi connectivity index (χ1n) is 6.05. The molecule has 3 rings (SSSR count). The zero-order valence-corrected chi connectivity index (χ0v) is 9.78. The van der Waals surface area contributed by atoms with Gasteiger partial charge in [-0.25, -0.2) is 4.39 Å². The van der Waals surface area contributed by atoms with Crippen LogP contribution >= 0.6 is 0 Å². The Morgan fingerprint density at radius 2 is 2.22 bits per heavy atom. The summed E-state index contributed by atoms with van der Waals surface area (Å²) < 4.78 is 13.8. The number of hydrogen-bond donors (Lipinski definition) is 1. The molecule has 1 N–H and O–H groups in total. The summed E-state index contributed by atoms with van der Waals surface area (Å²) in [4.78, 5) is 24.8. The van der Waals surface area contributed by atoms with E-state index in [2.05, 4.69) is 5.32 Å². The minimum Gasteiger partial charge on any atom is -0.344 e. The van der Waals surface area contributed by atoms with Crippen molar-refractivity contribution >= 4 is 17.5 Å². The molecule has 1 unspecified atom stereocenters. The van der Waals surface area contributed by atoms with Crippen LogP contribution in [-0.4, -0.2) is 24.4 Å². The van der Waals surface area contributed by atoms with E-state index in [9.17, 15) is 14.0 Å². The Morgan fingerprint density at radius 1 is 1.39 bits per heavy atom. The van der Waals surface area contributed by atoms with Crippen LogP contribution in [0.4, 0.5) is 10.1 Å². The molecule has 2 heterocycles. The second-order valence-corrected chi connectivity index (χ2v) is 4.65. The molecule has 0 spiro atoms. The predicted octanol–water partition coefficient (Wildman–Crippen LogP) is 0.993. The van der Waals surface area contributed by atoms with Gasteiger partial charge >= 0.3 is 0 Å². The van der Waals surface area contributed by atoms with Crippen LogP contribution in [0.15, 0.2) is 18.2 Å². The van der Waals surface area contributed by atoms with Crippen molar-refractivity contribution in [2.45, 2.75) is 25.3 Å². The summed E-state index contributed by atoms with van der Waals surface area (Å²) in [5.41, 5.74) is 1.23. The molecule has 0 bridgehead atoms. The molecule has 2 aliphatic rings.